The van der Waals surface area contributed by atoms with Gasteiger partial charge in [-0.15, -0.1) is 11.3 Å². The van der Waals surface area contributed by atoms with E-state index in [9.17, 15) is 4.79 Å². The van der Waals surface area contributed by atoms with Gasteiger partial charge in [0.15, 0.2) is 4.47 Å². The second kappa shape index (κ2) is 5.29. The molecule has 1 aromatic heterocycles. The molecule has 0 saturated carbocycles. The van der Waals surface area contributed by atoms with Crippen molar-refractivity contribution in [3.05, 3.63) is 15.5 Å². The van der Waals surface area contributed by atoms with E-state index < -0.39 is 0 Å². The largest absolute Gasteiger partial charge is 0.349 e. The molecule has 0 spiro atoms. The summed E-state index contributed by atoms with van der Waals surface area (Å²) in [6.07, 6.45) is 0. The molecular weight excluding hydrogens is 222 g/mol. The van der Waals surface area contributed by atoms with Crippen LogP contribution in [0.2, 0.25) is 4.47 Å². The predicted molar refractivity (Wildman–Crippen MR) is 58.0 cm³/mol. The lowest BCUT2D eigenvalue weighted by molar-refractivity contribution is 0.0946. The van der Waals surface area contributed by atoms with Crippen molar-refractivity contribution in [2.24, 2.45) is 0 Å². The minimum atomic E-state index is -0.185. The van der Waals surface area contributed by atoms with Gasteiger partial charge in [0.2, 0.25) is 0 Å². The van der Waals surface area contributed by atoms with Crippen LogP contribution in [0, 0.1) is 0 Å². The summed E-state index contributed by atoms with van der Waals surface area (Å²) in [5, 5.41) is 7.41. The van der Waals surface area contributed by atoms with E-state index in [1.54, 1.807) is 5.38 Å². The van der Waals surface area contributed by atoms with Crippen LogP contribution in [0.15, 0.2) is 5.38 Å². The third-order valence-electron chi connectivity index (χ3n) is 1.77. The first kappa shape index (κ1) is 11.4. The number of nitrogens with zero attached hydrogens (tertiary/aromatic N) is 1. The number of likely N-dealkylation sites (N-methyl/N-ethyl adjacent to an activating group) is 1. The molecule has 0 radical (unpaired) electrons. The van der Waals surface area contributed by atoms with E-state index in [2.05, 4.69) is 15.6 Å². The highest BCUT2D eigenvalue weighted by atomic mass is 35.5. The fraction of sp³-hybridized carbons (Fsp3) is 0.500. The maximum Gasteiger partial charge on any atom is 0.270 e. The van der Waals surface area contributed by atoms with Gasteiger partial charge in [-0.3, -0.25) is 4.79 Å². The number of rotatable bonds is 4. The van der Waals surface area contributed by atoms with Gasteiger partial charge in [-0.05, 0) is 14.0 Å². The van der Waals surface area contributed by atoms with E-state index in [1.807, 2.05) is 14.0 Å². The van der Waals surface area contributed by atoms with Gasteiger partial charge in [-0.1, -0.05) is 11.6 Å². The van der Waals surface area contributed by atoms with Gasteiger partial charge in [0.1, 0.15) is 5.69 Å². The molecule has 0 bridgehead atoms. The Morgan fingerprint density at radius 1 is 1.79 bits per heavy atom. The van der Waals surface area contributed by atoms with Crippen molar-refractivity contribution in [3.8, 4) is 0 Å². The maximum absolute atomic E-state index is 11.4. The third kappa shape index (κ3) is 3.25. The number of carbonyl (C=O) groups is 1. The average molecular weight is 234 g/mol. The Hall–Kier alpha value is -0.650. The number of nitrogens with one attached hydrogen (secondary N) is 2. The number of amides is 1. The standard InChI is InChI=1S/C8H12ClN3OS/c1-5(10-2)3-11-7(13)6-4-14-8(9)12-6/h4-5,10H,3H2,1-2H3,(H,11,13). The van der Waals surface area contributed by atoms with Crippen LogP contribution in [0.25, 0.3) is 0 Å². The zero-order valence-corrected chi connectivity index (χ0v) is 9.58. The topological polar surface area (TPSA) is 54.0 Å². The van der Waals surface area contributed by atoms with Crippen LogP contribution in [0.5, 0.6) is 0 Å². The van der Waals surface area contributed by atoms with E-state index in [4.69, 9.17) is 11.6 Å². The summed E-state index contributed by atoms with van der Waals surface area (Å²) in [5.74, 6) is -0.185. The van der Waals surface area contributed by atoms with Crippen LogP contribution in [0.3, 0.4) is 0 Å². The van der Waals surface area contributed by atoms with Crippen LogP contribution in [0.1, 0.15) is 17.4 Å². The highest BCUT2D eigenvalue weighted by Gasteiger charge is 2.09. The molecule has 0 aliphatic rings. The van der Waals surface area contributed by atoms with Crippen LogP contribution in [-0.2, 0) is 0 Å². The van der Waals surface area contributed by atoms with Gasteiger partial charge in [0.05, 0.1) is 0 Å². The molecule has 0 aliphatic carbocycles. The third-order valence-corrected chi connectivity index (χ3v) is 2.75. The number of hydrogen-bond acceptors (Lipinski definition) is 4. The van der Waals surface area contributed by atoms with Gasteiger partial charge in [-0.2, -0.15) is 0 Å². The molecule has 6 heteroatoms. The Morgan fingerprint density at radius 2 is 2.50 bits per heavy atom. The molecule has 2 N–H and O–H groups in total. The van der Waals surface area contributed by atoms with Crippen molar-refractivity contribution in [1.82, 2.24) is 15.6 Å². The molecule has 1 unspecified atom stereocenters. The average Bonchev–Trinajstić information content (AvgIpc) is 2.60. The Morgan fingerprint density at radius 3 is 3.00 bits per heavy atom. The minimum absolute atomic E-state index is 0.185. The van der Waals surface area contributed by atoms with Crippen molar-refractivity contribution < 1.29 is 4.79 Å². The summed E-state index contributed by atoms with van der Waals surface area (Å²) in [4.78, 5) is 15.3. The van der Waals surface area contributed by atoms with Crippen LogP contribution in [0.4, 0.5) is 0 Å². The molecule has 1 atom stereocenters. The predicted octanol–water partition coefficient (Wildman–Crippen LogP) is 1.13. The quantitative estimate of drug-likeness (QED) is 0.820. The van der Waals surface area contributed by atoms with Crippen molar-refractivity contribution in [2.75, 3.05) is 13.6 Å². The van der Waals surface area contributed by atoms with Crippen molar-refractivity contribution in [1.29, 1.82) is 0 Å². The molecular formula is C8H12ClN3OS. The molecule has 1 aromatic rings. The molecule has 14 heavy (non-hydrogen) atoms. The number of aromatic nitrogens is 1. The molecule has 1 rings (SSSR count). The first-order valence-corrected chi connectivity index (χ1v) is 5.45. The fourth-order valence-corrected chi connectivity index (χ4v) is 1.54. The number of halogens is 1. The van der Waals surface area contributed by atoms with Gasteiger partial charge in [0, 0.05) is 18.0 Å². The van der Waals surface area contributed by atoms with Crippen LogP contribution < -0.4 is 10.6 Å². The summed E-state index contributed by atoms with van der Waals surface area (Å²) < 4.78 is 0.386. The van der Waals surface area contributed by atoms with E-state index in [0.29, 0.717) is 16.7 Å². The molecule has 0 aliphatic heterocycles. The summed E-state index contributed by atoms with van der Waals surface area (Å²) >= 11 is 6.86. The summed E-state index contributed by atoms with van der Waals surface area (Å²) in [6.45, 7) is 2.55. The van der Waals surface area contributed by atoms with E-state index in [-0.39, 0.29) is 11.9 Å². The maximum atomic E-state index is 11.4. The van der Waals surface area contributed by atoms with Crippen molar-refractivity contribution in [2.45, 2.75) is 13.0 Å². The molecule has 0 fully saturated rings. The molecule has 4 nitrogen and oxygen atoms in total. The highest BCUT2D eigenvalue weighted by molar-refractivity contribution is 7.14. The number of carbonyl (C=O) groups excluding carboxylic acids is 1. The van der Waals surface area contributed by atoms with E-state index >= 15 is 0 Å². The number of hydrogen-bond donors (Lipinski definition) is 2. The first-order chi connectivity index (χ1) is 6.63. The van der Waals surface area contributed by atoms with Crippen LogP contribution >= 0.6 is 22.9 Å². The van der Waals surface area contributed by atoms with Crippen LogP contribution in [-0.4, -0.2) is 30.5 Å². The molecule has 0 saturated heterocycles. The molecule has 1 heterocycles. The lowest BCUT2D eigenvalue weighted by Crippen LogP contribution is -2.37. The highest BCUT2D eigenvalue weighted by Crippen LogP contribution is 2.14. The minimum Gasteiger partial charge on any atom is -0.349 e. The second-order valence-corrected chi connectivity index (χ2v) is 4.33. The molecule has 78 valence electrons. The normalized spacial score (nSPS) is 12.5. The second-order valence-electron chi connectivity index (χ2n) is 2.89. The fourth-order valence-electron chi connectivity index (χ4n) is 0.795. The lowest BCUT2D eigenvalue weighted by atomic mass is 10.3. The number of thiazole rings is 1. The monoisotopic (exact) mass is 233 g/mol. The Balaban J connectivity index is 2.43. The lowest BCUT2D eigenvalue weighted by Gasteiger charge is -2.09. The smallest absolute Gasteiger partial charge is 0.270 e. The SMILES string of the molecule is CNC(C)CNC(=O)c1csc(Cl)n1. The summed E-state index contributed by atoms with van der Waals surface area (Å²) in [5.41, 5.74) is 0.378. The summed E-state index contributed by atoms with van der Waals surface area (Å²) in [7, 11) is 1.84. The van der Waals surface area contributed by atoms with Gasteiger partial charge >= 0.3 is 0 Å². The Labute approximate surface area is 91.7 Å². The first-order valence-electron chi connectivity index (χ1n) is 4.20. The van der Waals surface area contributed by atoms with E-state index in [1.165, 1.54) is 11.3 Å². The Bertz CT molecular complexity index is 315. The molecule has 1 amide bonds. The van der Waals surface area contributed by atoms with E-state index in [0.717, 1.165) is 0 Å². The van der Waals surface area contributed by atoms with Gasteiger partial charge in [0.25, 0.3) is 5.91 Å². The van der Waals surface area contributed by atoms with Crippen molar-refractivity contribution >= 4 is 28.8 Å². The van der Waals surface area contributed by atoms with Gasteiger partial charge < -0.3 is 10.6 Å². The molecule has 0 aromatic carbocycles. The Kier molecular flexibility index (Phi) is 4.31. The zero-order valence-electron chi connectivity index (χ0n) is 8.00. The van der Waals surface area contributed by atoms with Gasteiger partial charge in [-0.25, -0.2) is 4.98 Å². The zero-order chi connectivity index (χ0) is 10.6. The van der Waals surface area contributed by atoms with Crippen molar-refractivity contribution in [3.63, 3.8) is 0 Å². The summed E-state index contributed by atoms with van der Waals surface area (Å²) in [6, 6.07) is 0.244.